The smallest absolute Gasteiger partial charge is 0.328 e. The highest BCUT2D eigenvalue weighted by Gasteiger charge is 2.07. The molecule has 0 fully saturated rings. The minimum absolute atomic E-state index is 0.218. The zero-order valence-electron chi connectivity index (χ0n) is 6.87. The normalized spacial score (nSPS) is 10.7. The molecule has 1 aromatic carbocycles. The largest absolute Gasteiger partial charge is 0.504 e. The van der Waals surface area contributed by atoms with Crippen LogP contribution in [0, 0.1) is 11.6 Å². The van der Waals surface area contributed by atoms with Crippen LogP contribution in [-0.2, 0) is 4.79 Å². The molecule has 0 aliphatic carbocycles. The molecule has 1 rings (SSSR count). The molecule has 0 saturated heterocycles. The van der Waals surface area contributed by atoms with Crippen LogP contribution in [0.1, 0.15) is 5.56 Å². The van der Waals surface area contributed by atoms with Gasteiger partial charge < -0.3 is 10.2 Å². The van der Waals surface area contributed by atoms with Crippen molar-refractivity contribution in [2.45, 2.75) is 0 Å². The lowest BCUT2D eigenvalue weighted by Crippen LogP contribution is -1.88. The molecule has 1 aromatic rings. The molecule has 0 aromatic heterocycles. The first-order valence-corrected chi connectivity index (χ1v) is 3.59. The fraction of sp³-hybridized carbons (Fsp3) is 0. The van der Waals surface area contributed by atoms with Gasteiger partial charge in [0.25, 0.3) is 0 Å². The van der Waals surface area contributed by atoms with Gasteiger partial charge in [-0.05, 0) is 12.1 Å². The molecule has 0 aliphatic heterocycles. The maximum absolute atomic E-state index is 12.7. The average molecular weight is 200 g/mol. The third-order valence-corrected chi connectivity index (χ3v) is 1.46. The lowest BCUT2D eigenvalue weighted by atomic mass is 10.1. The molecule has 0 unspecified atom stereocenters. The summed E-state index contributed by atoms with van der Waals surface area (Å²) in [6.45, 7) is 0. The van der Waals surface area contributed by atoms with Crippen LogP contribution in [-0.4, -0.2) is 16.2 Å². The standard InChI is InChI=1S/C9H6F2O3/c10-6-3-5(1-2-8(12)13)9(14)7(11)4-6/h1-4,14H,(H,12,13)/b2-1+. The molecular weight excluding hydrogens is 194 g/mol. The summed E-state index contributed by atoms with van der Waals surface area (Å²) in [5.41, 5.74) is -0.218. The summed E-state index contributed by atoms with van der Waals surface area (Å²) in [4.78, 5) is 10.1. The second kappa shape index (κ2) is 3.87. The number of hydrogen-bond acceptors (Lipinski definition) is 2. The lowest BCUT2D eigenvalue weighted by molar-refractivity contribution is -0.131. The van der Waals surface area contributed by atoms with Crippen LogP contribution >= 0.6 is 0 Å². The Morgan fingerprint density at radius 2 is 2.00 bits per heavy atom. The fourth-order valence-electron chi connectivity index (χ4n) is 0.874. The average Bonchev–Trinajstić information content (AvgIpc) is 2.08. The molecule has 2 N–H and O–H groups in total. The van der Waals surface area contributed by atoms with E-state index in [2.05, 4.69) is 0 Å². The highest BCUT2D eigenvalue weighted by Crippen LogP contribution is 2.23. The molecule has 0 atom stereocenters. The summed E-state index contributed by atoms with van der Waals surface area (Å²) >= 11 is 0. The molecule has 0 aliphatic rings. The van der Waals surface area contributed by atoms with Crippen LogP contribution in [0.25, 0.3) is 6.08 Å². The second-order valence-corrected chi connectivity index (χ2v) is 2.50. The van der Waals surface area contributed by atoms with E-state index in [-0.39, 0.29) is 5.56 Å². The number of benzene rings is 1. The highest BCUT2D eigenvalue weighted by atomic mass is 19.1. The van der Waals surface area contributed by atoms with Crippen molar-refractivity contribution in [2.24, 2.45) is 0 Å². The summed E-state index contributed by atoms with van der Waals surface area (Å²) in [5, 5.41) is 17.3. The van der Waals surface area contributed by atoms with E-state index in [1.165, 1.54) is 0 Å². The Balaban J connectivity index is 3.14. The summed E-state index contributed by atoms with van der Waals surface area (Å²) < 4.78 is 25.3. The number of halogens is 2. The highest BCUT2D eigenvalue weighted by molar-refractivity contribution is 5.85. The number of carboxylic acids is 1. The third-order valence-electron chi connectivity index (χ3n) is 1.46. The summed E-state index contributed by atoms with van der Waals surface area (Å²) in [6, 6.07) is 1.34. The zero-order chi connectivity index (χ0) is 10.7. The monoisotopic (exact) mass is 200 g/mol. The van der Waals surface area contributed by atoms with E-state index < -0.39 is 23.4 Å². The number of phenolic OH excluding ortho intramolecular Hbond substituents is 1. The van der Waals surface area contributed by atoms with Crippen LogP contribution in [0.15, 0.2) is 18.2 Å². The Morgan fingerprint density at radius 3 is 2.57 bits per heavy atom. The van der Waals surface area contributed by atoms with E-state index in [1.807, 2.05) is 0 Å². The first-order chi connectivity index (χ1) is 6.50. The van der Waals surface area contributed by atoms with Crippen molar-refractivity contribution >= 4 is 12.0 Å². The molecule has 0 saturated carbocycles. The van der Waals surface area contributed by atoms with Gasteiger partial charge in [0.2, 0.25) is 0 Å². The molecule has 0 heterocycles. The fourth-order valence-corrected chi connectivity index (χ4v) is 0.874. The Labute approximate surface area is 77.9 Å². The van der Waals surface area contributed by atoms with Gasteiger partial charge in [0.15, 0.2) is 11.6 Å². The zero-order valence-corrected chi connectivity index (χ0v) is 6.87. The number of carbonyl (C=O) groups is 1. The van der Waals surface area contributed by atoms with Gasteiger partial charge >= 0.3 is 5.97 Å². The lowest BCUT2D eigenvalue weighted by Gasteiger charge is -1.99. The van der Waals surface area contributed by atoms with E-state index >= 15 is 0 Å². The number of aliphatic carboxylic acids is 1. The minimum atomic E-state index is -1.27. The third kappa shape index (κ3) is 2.29. The maximum atomic E-state index is 12.7. The van der Waals surface area contributed by atoms with Crippen molar-refractivity contribution < 1.29 is 23.8 Å². The first kappa shape index (κ1) is 10.2. The Hall–Kier alpha value is -1.91. The van der Waals surface area contributed by atoms with Gasteiger partial charge in [-0.15, -0.1) is 0 Å². The number of aromatic hydroxyl groups is 1. The summed E-state index contributed by atoms with van der Waals surface area (Å²) in [7, 11) is 0. The van der Waals surface area contributed by atoms with Crippen LogP contribution in [0.4, 0.5) is 8.78 Å². The quantitative estimate of drug-likeness (QED) is 0.715. The van der Waals surface area contributed by atoms with Crippen LogP contribution in [0.5, 0.6) is 5.75 Å². The summed E-state index contributed by atoms with van der Waals surface area (Å²) in [6.07, 6.45) is 1.58. The van der Waals surface area contributed by atoms with Crippen molar-refractivity contribution in [1.82, 2.24) is 0 Å². The van der Waals surface area contributed by atoms with Crippen molar-refractivity contribution in [3.05, 3.63) is 35.4 Å². The molecule has 0 spiro atoms. The van der Waals surface area contributed by atoms with E-state index in [1.54, 1.807) is 0 Å². The van der Waals surface area contributed by atoms with Gasteiger partial charge in [-0.2, -0.15) is 0 Å². The van der Waals surface area contributed by atoms with E-state index in [0.717, 1.165) is 12.1 Å². The molecule has 14 heavy (non-hydrogen) atoms. The van der Waals surface area contributed by atoms with Gasteiger partial charge in [0.1, 0.15) is 5.82 Å². The van der Waals surface area contributed by atoms with Gasteiger partial charge in [0, 0.05) is 17.7 Å². The van der Waals surface area contributed by atoms with Crippen LogP contribution in [0.2, 0.25) is 0 Å². The van der Waals surface area contributed by atoms with Gasteiger partial charge in [-0.3, -0.25) is 0 Å². The summed E-state index contributed by atoms with van der Waals surface area (Å²) in [5.74, 6) is -4.06. The topological polar surface area (TPSA) is 57.5 Å². The van der Waals surface area contributed by atoms with Gasteiger partial charge in [-0.25, -0.2) is 13.6 Å². The van der Waals surface area contributed by atoms with Crippen molar-refractivity contribution in [2.75, 3.05) is 0 Å². The number of rotatable bonds is 2. The van der Waals surface area contributed by atoms with Crippen molar-refractivity contribution in [1.29, 1.82) is 0 Å². The Kier molecular flexibility index (Phi) is 2.81. The van der Waals surface area contributed by atoms with Crippen LogP contribution < -0.4 is 0 Å². The predicted molar refractivity (Wildman–Crippen MR) is 44.7 cm³/mol. The molecule has 0 bridgehead atoms. The van der Waals surface area contributed by atoms with E-state index in [0.29, 0.717) is 12.1 Å². The predicted octanol–water partition coefficient (Wildman–Crippen LogP) is 1.77. The van der Waals surface area contributed by atoms with Crippen LogP contribution in [0.3, 0.4) is 0 Å². The number of carboxylic acid groups (broad SMARTS) is 1. The van der Waals surface area contributed by atoms with E-state index in [9.17, 15) is 13.6 Å². The SMILES string of the molecule is O=C(O)/C=C/c1cc(F)cc(F)c1O. The molecule has 5 heteroatoms. The Morgan fingerprint density at radius 1 is 1.36 bits per heavy atom. The maximum Gasteiger partial charge on any atom is 0.328 e. The van der Waals surface area contributed by atoms with Crippen molar-refractivity contribution in [3.8, 4) is 5.75 Å². The van der Waals surface area contributed by atoms with Crippen molar-refractivity contribution in [3.63, 3.8) is 0 Å². The minimum Gasteiger partial charge on any atom is -0.504 e. The molecular formula is C9H6F2O3. The molecule has 74 valence electrons. The molecule has 0 amide bonds. The number of phenols is 1. The van der Waals surface area contributed by atoms with E-state index in [4.69, 9.17) is 10.2 Å². The van der Waals surface area contributed by atoms with Gasteiger partial charge in [-0.1, -0.05) is 0 Å². The Bertz CT molecular complexity index is 399. The van der Waals surface area contributed by atoms with Gasteiger partial charge in [0.05, 0.1) is 0 Å². The number of hydrogen-bond donors (Lipinski definition) is 2. The second-order valence-electron chi connectivity index (χ2n) is 2.50. The molecule has 0 radical (unpaired) electrons. The first-order valence-electron chi connectivity index (χ1n) is 3.59. The molecule has 3 nitrogen and oxygen atoms in total.